The molecular weight excluding hydrogens is 396 g/mol. The highest BCUT2D eigenvalue weighted by molar-refractivity contribution is 5.86. The van der Waals surface area contributed by atoms with Gasteiger partial charge in [-0.2, -0.15) is 0 Å². The highest BCUT2D eigenvalue weighted by Crippen LogP contribution is 2.32. The smallest absolute Gasteiger partial charge is 0.411 e. The zero-order chi connectivity index (χ0) is 22.0. The molecule has 31 heavy (non-hydrogen) atoms. The van der Waals surface area contributed by atoms with Gasteiger partial charge in [0.05, 0.1) is 6.54 Å². The van der Waals surface area contributed by atoms with Crippen LogP contribution in [0.25, 0.3) is 0 Å². The number of hydrogen-bond donors (Lipinski definition) is 1. The maximum absolute atomic E-state index is 13.1. The molecular formula is C24H28N2O5. The topological polar surface area (TPSA) is 77.1 Å². The monoisotopic (exact) mass is 424 g/mol. The van der Waals surface area contributed by atoms with Gasteiger partial charge in [-0.15, -0.1) is 0 Å². The van der Waals surface area contributed by atoms with Gasteiger partial charge in [0.25, 0.3) is 0 Å². The van der Waals surface area contributed by atoms with Crippen molar-refractivity contribution in [2.45, 2.75) is 51.8 Å². The second kappa shape index (κ2) is 8.49. The van der Waals surface area contributed by atoms with Crippen LogP contribution in [-0.2, 0) is 28.9 Å². The third-order valence-corrected chi connectivity index (χ3v) is 5.33. The van der Waals surface area contributed by atoms with Gasteiger partial charge >= 0.3 is 6.09 Å². The summed E-state index contributed by atoms with van der Waals surface area (Å²) in [5, 5.41) is 2.99. The van der Waals surface area contributed by atoms with E-state index in [2.05, 4.69) is 5.32 Å². The van der Waals surface area contributed by atoms with E-state index < -0.39 is 17.7 Å². The lowest BCUT2D eigenvalue weighted by Gasteiger charge is -2.36. The maximum Gasteiger partial charge on any atom is 0.411 e. The summed E-state index contributed by atoms with van der Waals surface area (Å²) in [6.07, 6.45) is 0.640. The molecule has 2 aliphatic rings. The molecule has 7 nitrogen and oxygen atoms in total. The fourth-order valence-corrected chi connectivity index (χ4v) is 3.81. The van der Waals surface area contributed by atoms with Crippen molar-refractivity contribution >= 4 is 12.0 Å². The van der Waals surface area contributed by atoms with Gasteiger partial charge in [-0.05, 0) is 56.0 Å². The fraction of sp³-hybridized carbons (Fsp3) is 0.417. The average Bonchev–Trinajstić information content (AvgIpc) is 3.19. The van der Waals surface area contributed by atoms with E-state index in [0.717, 1.165) is 28.2 Å². The molecule has 164 valence electrons. The first-order valence-corrected chi connectivity index (χ1v) is 10.5. The number of carbonyl (C=O) groups excluding carboxylic acids is 2. The first-order chi connectivity index (χ1) is 14.8. The van der Waals surface area contributed by atoms with Gasteiger partial charge in [-0.1, -0.05) is 30.3 Å². The summed E-state index contributed by atoms with van der Waals surface area (Å²) < 4.78 is 16.3. The number of rotatable bonds is 4. The van der Waals surface area contributed by atoms with Crippen molar-refractivity contribution < 1.29 is 23.8 Å². The van der Waals surface area contributed by atoms with E-state index in [-0.39, 0.29) is 12.7 Å². The largest absolute Gasteiger partial charge is 0.454 e. The second-order valence-electron chi connectivity index (χ2n) is 8.83. The Morgan fingerprint density at radius 3 is 2.61 bits per heavy atom. The van der Waals surface area contributed by atoms with Crippen molar-refractivity contribution in [3.05, 3.63) is 59.2 Å². The van der Waals surface area contributed by atoms with Crippen LogP contribution in [-0.4, -0.2) is 41.9 Å². The molecule has 7 heteroatoms. The number of amides is 2. The van der Waals surface area contributed by atoms with E-state index in [1.165, 1.54) is 4.90 Å². The Morgan fingerprint density at radius 1 is 1.10 bits per heavy atom. The lowest BCUT2D eigenvalue weighted by Crippen LogP contribution is -2.53. The van der Waals surface area contributed by atoms with Crippen molar-refractivity contribution in [2.24, 2.45) is 0 Å². The zero-order valence-corrected chi connectivity index (χ0v) is 18.1. The van der Waals surface area contributed by atoms with Gasteiger partial charge in [0, 0.05) is 13.0 Å². The Bertz CT molecular complexity index is 982. The molecule has 2 aromatic rings. The first kappa shape index (κ1) is 21.0. The molecule has 0 aliphatic carbocycles. The second-order valence-corrected chi connectivity index (χ2v) is 8.83. The average molecular weight is 424 g/mol. The molecule has 2 heterocycles. The Morgan fingerprint density at radius 2 is 1.84 bits per heavy atom. The predicted octanol–water partition coefficient (Wildman–Crippen LogP) is 3.44. The van der Waals surface area contributed by atoms with Crippen molar-refractivity contribution in [1.82, 2.24) is 10.2 Å². The molecule has 0 saturated carbocycles. The van der Waals surface area contributed by atoms with Crippen molar-refractivity contribution in [3.63, 3.8) is 0 Å². The summed E-state index contributed by atoms with van der Waals surface area (Å²) in [7, 11) is 0. The number of benzene rings is 2. The number of ether oxygens (including phenoxy) is 3. The SMILES string of the molecule is CC(C)(C)OC(=O)N1Cc2ccccc2C[C@@H]1C(=O)NCCc1ccc2c(c1)OCO2. The van der Waals surface area contributed by atoms with E-state index in [1.54, 1.807) is 0 Å². The van der Waals surface area contributed by atoms with Crippen LogP contribution in [0.15, 0.2) is 42.5 Å². The summed E-state index contributed by atoms with van der Waals surface area (Å²) >= 11 is 0. The van der Waals surface area contributed by atoms with E-state index >= 15 is 0 Å². The summed E-state index contributed by atoms with van der Waals surface area (Å²) in [5.74, 6) is 1.28. The van der Waals surface area contributed by atoms with Crippen LogP contribution in [0.5, 0.6) is 11.5 Å². The number of nitrogens with one attached hydrogen (secondary N) is 1. The number of fused-ring (bicyclic) bond motifs is 2. The minimum atomic E-state index is -0.631. The minimum absolute atomic E-state index is 0.180. The Labute approximate surface area is 182 Å². The van der Waals surface area contributed by atoms with E-state index in [4.69, 9.17) is 14.2 Å². The van der Waals surface area contributed by atoms with Crippen LogP contribution in [0.4, 0.5) is 4.79 Å². The van der Waals surface area contributed by atoms with Crippen LogP contribution < -0.4 is 14.8 Å². The van der Waals surface area contributed by atoms with Gasteiger partial charge in [0.1, 0.15) is 11.6 Å². The van der Waals surface area contributed by atoms with E-state index in [9.17, 15) is 9.59 Å². The summed E-state index contributed by atoms with van der Waals surface area (Å²) in [4.78, 5) is 27.4. The molecule has 2 aliphatic heterocycles. The molecule has 2 amide bonds. The summed E-state index contributed by atoms with van der Waals surface area (Å²) in [5.41, 5.74) is 2.53. The third kappa shape index (κ3) is 4.93. The lowest BCUT2D eigenvalue weighted by atomic mass is 9.93. The van der Waals surface area contributed by atoms with E-state index in [0.29, 0.717) is 25.9 Å². The molecule has 0 spiro atoms. The molecule has 0 bridgehead atoms. The van der Waals surface area contributed by atoms with Crippen molar-refractivity contribution in [3.8, 4) is 11.5 Å². The molecule has 1 N–H and O–H groups in total. The zero-order valence-electron chi connectivity index (χ0n) is 18.1. The van der Waals surface area contributed by atoms with E-state index in [1.807, 2.05) is 63.2 Å². The number of nitrogens with zero attached hydrogens (tertiary/aromatic N) is 1. The Balaban J connectivity index is 1.43. The van der Waals surface area contributed by atoms with Gasteiger partial charge < -0.3 is 19.5 Å². The van der Waals surface area contributed by atoms with Crippen LogP contribution in [0.3, 0.4) is 0 Å². The number of hydrogen-bond acceptors (Lipinski definition) is 5. The van der Waals surface area contributed by atoms with Crippen LogP contribution in [0.1, 0.15) is 37.5 Å². The highest BCUT2D eigenvalue weighted by atomic mass is 16.7. The molecule has 0 unspecified atom stereocenters. The van der Waals surface area contributed by atoms with Gasteiger partial charge in [-0.25, -0.2) is 4.79 Å². The van der Waals surface area contributed by atoms with Crippen LogP contribution in [0.2, 0.25) is 0 Å². The molecule has 2 aromatic carbocycles. The maximum atomic E-state index is 13.1. The summed E-state index contributed by atoms with van der Waals surface area (Å²) in [6.45, 7) is 6.51. The molecule has 0 radical (unpaired) electrons. The van der Waals surface area contributed by atoms with Crippen molar-refractivity contribution in [1.29, 1.82) is 0 Å². The Hall–Kier alpha value is -3.22. The van der Waals surface area contributed by atoms with Gasteiger partial charge in [0.2, 0.25) is 12.7 Å². The minimum Gasteiger partial charge on any atom is -0.454 e. The predicted molar refractivity (Wildman–Crippen MR) is 115 cm³/mol. The summed E-state index contributed by atoms with van der Waals surface area (Å²) in [6, 6.07) is 13.1. The van der Waals surface area contributed by atoms with Crippen LogP contribution in [0, 0.1) is 0 Å². The standard InChI is InChI=1S/C24H28N2O5/c1-24(2,3)31-23(28)26-14-18-7-5-4-6-17(18)13-19(26)22(27)25-11-10-16-8-9-20-21(12-16)30-15-29-20/h4-9,12,19H,10-11,13-15H2,1-3H3,(H,25,27)/t19-/m1/s1. The third-order valence-electron chi connectivity index (χ3n) is 5.33. The first-order valence-electron chi connectivity index (χ1n) is 10.5. The molecule has 1 atom stereocenters. The van der Waals surface area contributed by atoms with Gasteiger partial charge in [0.15, 0.2) is 11.5 Å². The molecule has 0 fully saturated rings. The van der Waals surface area contributed by atoms with Crippen LogP contribution >= 0.6 is 0 Å². The molecule has 0 aromatic heterocycles. The Kier molecular flexibility index (Phi) is 5.76. The fourth-order valence-electron chi connectivity index (χ4n) is 3.81. The quantitative estimate of drug-likeness (QED) is 0.814. The normalized spacial score (nSPS) is 17.1. The molecule has 4 rings (SSSR count). The number of carbonyl (C=O) groups is 2. The lowest BCUT2D eigenvalue weighted by molar-refractivity contribution is -0.127. The molecule has 0 saturated heterocycles. The highest BCUT2D eigenvalue weighted by Gasteiger charge is 2.36. The van der Waals surface area contributed by atoms with Gasteiger partial charge in [-0.3, -0.25) is 9.69 Å². The van der Waals surface area contributed by atoms with Crippen molar-refractivity contribution in [2.75, 3.05) is 13.3 Å².